The average molecular weight is 426 g/mol. The van der Waals surface area contributed by atoms with Gasteiger partial charge in [0.2, 0.25) is 0 Å². The number of aromatic nitrogens is 1. The molecule has 0 unspecified atom stereocenters. The number of hydrogen-bond acceptors (Lipinski definition) is 4. The van der Waals surface area contributed by atoms with Gasteiger partial charge in [0.15, 0.2) is 0 Å². The molecule has 0 amide bonds. The van der Waals surface area contributed by atoms with E-state index >= 15 is 0 Å². The second-order valence-corrected chi connectivity index (χ2v) is 7.89. The van der Waals surface area contributed by atoms with Gasteiger partial charge >= 0.3 is 5.97 Å². The zero-order valence-corrected chi connectivity index (χ0v) is 17.9. The van der Waals surface area contributed by atoms with Crippen LogP contribution in [0.25, 0.3) is 10.9 Å². The van der Waals surface area contributed by atoms with Gasteiger partial charge in [-0.25, -0.2) is 4.79 Å². The maximum atomic E-state index is 11.3. The third kappa shape index (κ3) is 4.31. The summed E-state index contributed by atoms with van der Waals surface area (Å²) in [5.41, 5.74) is 3.04. The van der Waals surface area contributed by atoms with Crippen molar-refractivity contribution in [2.24, 2.45) is 0 Å². The number of nitrogens with zero attached hydrogens (tertiary/aromatic N) is 1. The lowest BCUT2D eigenvalue weighted by Gasteiger charge is -2.40. The molecule has 2 N–H and O–H groups in total. The Kier molecular flexibility index (Phi) is 5.24. The highest BCUT2D eigenvalue weighted by Gasteiger charge is 2.31. The lowest BCUT2D eigenvalue weighted by molar-refractivity contribution is -0.0138. The van der Waals surface area contributed by atoms with Crippen LogP contribution in [0.2, 0.25) is 0 Å². The highest BCUT2D eigenvalue weighted by molar-refractivity contribution is 5.88. The molecule has 1 fully saturated rings. The van der Waals surface area contributed by atoms with E-state index in [-0.39, 0.29) is 23.3 Å². The molecule has 0 radical (unpaired) electrons. The van der Waals surface area contributed by atoms with Crippen LogP contribution >= 0.6 is 0 Å². The van der Waals surface area contributed by atoms with Gasteiger partial charge in [0.1, 0.15) is 5.75 Å². The molecule has 2 aromatic carbocycles. The molecule has 3 aromatic rings. The maximum absolute atomic E-state index is 11.3. The fourth-order valence-corrected chi connectivity index (χ4v) is 4.57. The molecule has 0 bridgehead atoms. The normalized spacial score (nSPS) is 21.4. The van der Waals surface area contributed by atoms with Gasteiger partial charge < -0.3 is 19.6 Å². The summed E-state index contributed by atoms with van der Waals surface area (Å²) in [5.74, 6) is -0.404. The van der Waals surface area contributed by atoms with Crippen LogP contribution in [-0.4, -0.2) is 47.3 Å². The SMILES string of the molecule is [2H]C([2H])([2H])c1cc(OC)c(CN2CC[C@H](OCC)C[C@@H]2c2ccc(C(=O)O)cc2)c2cc[nH]c12. The summed E-state index contributed by atoms with van der Waals surface area (Å²) in [6.07, 6.45) is 3.54. The molecule has 1 aliphatic rings. The van der Waals surface area contributed by atoms with Gasteiger partial charge in [-0.2, -0.15) is 0 Å². The van der Waals surface area contributed by atoms with Crippen LogP contribution in [0, 0.1) is 6.85 Å². The number of rotatable bonds is 7. The monoisotopic (exact) mass is 425 g/mol. The van der Waals surface area contributed by atoms with Gasteiger partial charge in [-0.15, -0.1) is 0 Å². The second-order valence-electron chi connectivity index (χ2n) is 7.89. The minimum atomic E-state index is -2.26. The lowest BCUT2D eigenvalue weighted by Crippen LogP contribution is -2.39. The summed E-state index contributed by atoms with van der Waals surface area (Å²) in [6, 6.07) is 10.5. The molecule has 2 atom stereocenters. The third-order valence-corrected chi connectivity index (χ3v) is 6.11. The number of aromatic carboxylic acids is 1. The number of likely N-dealkylation sites (tertiary alicyclic amines) is 1. The Bertz CT molecular complexity index is 1160. The Labute approximate surface area is 187 Å². The summed E-state index contributed by atoms with van der Waals surface area (Å²) in [6.45, 7) is 1.71. The molecule has 164 valence electrons. The minimum Gasteiger partial charge on any atom is -0.496 e. The van der Waals surface area contributed by atoms with Crippen LogP contribution in [0.3, 0.4) is 0 Å². The standard InChI is InChI=1S/C25H30N2O4/c1-4-31-19-10-12-27(22(14-19)17-5-7-18(8-6-17)25(28)29)15-21-20-9-11-26-24(20)16(2)13-23(21)30-3/h5-9,11,13,19,22,26H,4,10,12,14-15H2,1-3H3,(H,28,29)/t19-,22+/m0/s1/i2D3. The number of nitrogens with one attached hydrogen (secondary N) is 1. The van der Waals surface area contributed by atoms with Crippen LogP contribution in [0.1, 0.15) is 57.0 Å². The van der Waals surface area contributed by atoms with Gasteiger partial charge in [-0.1, -0.05) is 12.1 Å². The Morgan fingerprint density at radius 3 is 2.81 bits per heavy atom. The predicted molar refractivity (Wildman–Crippen MR) is 121 cm³/mol. The highest BCUT2D eigenvalue weighted by atomic mass is 16.5. The van der Waals surface area contributed by atoms with Crippen LogP contribution in [0.4, 0.5) is 0 Å². The molecule has 0 spiro atoms. The zero-order chi connectivity index (χ0) is 24.5. The highest BCUT2D eigenvalue weighted by Crippen LogP contribution is 2.37. The molecule has 6 heteroatoms. The summed E-state index contributed by atoms with van der Waals surface area (Å²) < 4.78 is 35.4. The molecule has 1 aromatic heterocycles. The van der Waals surface area contributed by atoms with Gasteiger partial charge in [-0.05, 0) is 62.0 Å². The van der Waals surface area contributed by atoms with Crippen LogP contribution in [0.5, 0.6) is 5.75 Å². The van der Waals surface area contributed by atoms with Gasteiger partial charge in [0.05, 0.1) is 18.8 Å². The van der Waals surface area contributed by atoms with Gasteiger partial charge in [-0.3, -0.25) is 4.90 Å². The molecule has 4 rings (SSSR count). The molecule has 0 aliphatic carbocycles. The average Bonchev–Trinajstić information content (AvgIpc) is 3.29. The van der Waals surface area contributed by atoms with Crippen LogP contribution in [0.15, 0.2) is 42.6 Å². The Morgan fingerprint density at radius 2 is 2.13 bits per heavy atom. The fraction of sp³-hybridized carbons (Fsp3) is 0.400. The number of fused-ring (bicyclic) bond motifs is 1. The van der Waals surface area contributed by atoms with E-state index in [1.54, 1.807) is 31.5 Å². The molecule has 2 heterocycles. The maximum Gasteiger partial charge on any atom is 0.335 e. The first-order valence-corrected chi connectivity index (χ1v) is 10.6. The molecule has 0 saturated carbocycles. The quantitative estimate of drug-likeness (QED) is 0.562. The van der Waals surface area contributed by atoms with E-state index in [0.717, 1.165) is 35.9 Å². The van der Waals surface area contributed by atoms with E-state index in [1.165, 1.54) is 0 Å². The number of hydrogen-bond donors (Lipinski definition) is 2. The number of piperidine rings is 1. The molecule has 6 nitrogen and oxygen atoms in total. The summed E-state index contributed by atoms with van der Waals surface area (Å²) in [4.78, 5) is 16.7. The molecular formula is C25H30N2O4. The number of aryl methyl sites for hydroxylation is 1. The number of carbonyl (C=O) groups is 1. The molecule has 1 saturated heterocycles. The summed E-state index contributed by atoms with van der Waals surface area (Å²) >= 11 is 0. The second kappa shape index (κ2) is 9.12. The van der Waals surface area contributed by atoms with Crippen molar-refractivity contribution in [1.82, 2.24) is 9.88 Å². The Morgan fingerprint density at radius 1 is 1.32 bits per heavy atom. The largest absolute Gasteiger partial charge is 0.496 e. The Hall–Kier alpha value is -2.83. The first kappa shape index (κ1) is 17.8. The van der Waals surface area contributed by atoms with E-state index in [1.807, 2.05) is 25.1 Å². The number of carboxylic acid groups (broad SMARTS) is 1. The number of aromatic amines is 1. The molecule has 1 aliphatic heterocycles. The fourth-order valence-electron chi connectivity index (χ4n) is 4.57. The van der Waals surface area contributed by atoms with E-state index < -0.39 is 12.8 Å². The van der Waals surface area contributed by atoms with Crippen molar-refractivity contribution in [2.75, 3.05) is 20.3 Å². The first-order chi connectivity index (χ1) is 16.2. The van der Waals surface area contributed by atoms with Crippen molar-refractivity contribution in [2.45, 2.75) is 45.3 Å². The number of ether oxygens (including phenoxy) is 2. The van der Waals surface area contributed by atoms with E-state index in [0.29, 0.717) is 24.4 Å². The van der Waals surface area contributed by atoms with Crippen molar-refractivity contribution in [3.63, 3.8) is 0 Å². The van der Waals surface area contributed by atoms with E-state index in [9.17, 15) is 9.90 Å². The van der Waals surface area contributed by atoms with Crippen LogP contribution in [-0.2, 0) is 11.3 Å². The Balaban J connectivity index is 1.72. The van der Waals surface area contributed by atoms with Crippen molar-refractivity contribution >= 4 is 16.9 Å². The van der Waals surface area contributed by atoms with Gasteiger partial charge in [0, 0.05) is 52.5 Å². The van der Waals surface area contributed by atoms with E-state index in [2.05, 4.69) is 9.88 Å². The number of benzene rings is 2. The molecule has 31 heavy (non-hydrogen) atoms. The summed E-state index contributed by atoms with van der Waals surface area (Å²) in [7, 11) is 1.56. The number of carboxylic acids is 1. The lowest BCUT2D eigenvalue weighted by atomic mass is 9.91. The zero-order valence-electron chi connectivity index (χ0n) is 20.9. The smallest absolute Gasteiger partial charge is 0.335 e. The van der Waals surface area contributed by atoms with Crippen molar-refractivity contribution in [3.8, 4) is 5.75 Å². The van der Waals surface area contributed by atoms with E-state index in [4.69, 9.17) is 13.6 Å². The number of methoxy groups -OCH3 is 1. The third-order valence-electron chi connectivity index (χ3n) is 6.11. The van der Waals surface area contributed by atoms with Crippen molar-refractivity contribution in [1.29, 1.82) is 0 Å². The number of H-pyrrole nitrogens is 1. The first-order valence-electron chi connectivity index (χ1n) is 12.1. The predicted octanol–water partition coefficient (Wildman–Crippen LogP) is 4.93. The van der Waals surface area contributed by atoms with Crippen molar-refractivity contribution in [3.05, 3.63) is 64.8 Å². The molecular weight excluding hydrogens is 392 g/mol. The summed E-state index contributed by atoms with van der Waals surface area (Å²) in [5, 5.41) is 10.1. The van der Waals surface area contributed by atoms with Gasteiger partial charge in [0.25, 0.3) is 0 Å². The van der Waals surface area contributed by atoms with Crippen molar-refractivity contribution < 1.29 is 23.5 Å². The topological polar surface area (TPSA) is 74.8 Å². The minimum absolute atomic E-state index is 0.0223. The van der Waals surface area contributed by atoms with Crippen LogP contribution < -0.4 is 4.74 Å².